The van der Waals surface area contributed by atoms with Gasteiger partial charge in [0, 0.05) is 41.8 Å². The summed E-state index contributed by atoms with van der Waals surface area (Å²) in [5.74, 6) is 0.917. The maximum absolute atomic E-state index is 12.7. The molecule has 3 aromatic rings. The summed E-state index contributed by atoms with van der Waals surface area (Å²) < 4.78 is 38.0. The summed E-state index contributed by atoms with van der Waals surface area (Å²) in [6, 6.07) is 13.0. The third kappa shape index (κ3) is 5.79. The van der Waals surface area contributed by atoms with E-state index in [0.29, 0.717) is 11.6 Å². The van der Waals surface area contributed by atoms with Crippen LogP contribution in [0.2, 0.25) is 0 Å². The summed E-state index contributed by atoms with van der Waals surface area (Å²) in [6.07, 6.45) is -0.877. The Balaban J connectivity index is 1.40. The van der Waals surface area contributed by atoms with Crippen LogP contribution < -0.4 is 15.5 Å². The van der Waals surface area contributed by atoms with Crippen LogP contribution in [-0.4, -0.2) is 29.0 Å². The molecule has 1 aliphatic heterocycles. The van der Waals surface area contributed by atoms with Gasteiger partial charge in [-0.15, -0.1) is 0 Å². The number of nitrogens with zero attached hydrogens (tertiary/aromatic N) is 3. The zero-order chi connectivity index (χ0) is 23.4. The minimum absolute atomic E-state index is 0.142. The number of carbonyl (C=O) groups excluding carboxylic acids is 1. The number of hydrogen-bond acceptors (Lipinski definition) is 5. The summed E-state index contributed by atoms with van der Waals surface area (Å²) in [5, 5.41) is 5.87. The summed E-state index contributed by atoms with van der Waals surface area (Å²) in [5.41, 5.74) is 1.48. The van der Waals surface area contributed by atoms with Crippen LogP contribution in [0.3, 0.4) is 0 Å². The highest BCUT2D eigenvalue weighted by molar-refractivity contribution is 6.04. The zero-order valence-electron chi connectivity index (χ0n) is 18.1. The lowest BCUT2D eigenvalue weighted by Gasteiger charge is -2.28. The minimum atomic E-state index is -4.44. The number of carbonyl (C=O) groups is 1. The summed E-state index contributed by atoms with van der Waals surface area (Å²) in [4.78, 5) is 23.7. The Hall–Kier alpha value is -3.62. The third-order valence-electron chi connectivity index (χ3n) is 5.39. The molecule has 0 atom stereocenters. The molecular formula is C24H24F3N5O. The number of aromatic nitrogens is 2. The van der Waals surface area contributed by atoms with E-state index in [4.69, 9.17) is 0 Å². The molecule has 0 radical (unpaired) electrons. The number of rotatable bonds is 5. The molecule has 2 heterocycles. The Labute approximate surface area is 189 Å². The van der Waals surface area contributed by atoms with Crippen LogP contribution in [0, 0.1) is 6.92 Å². The van der Waals surface area contributed by atoms with Gasteiger partial charge in [0.2, 0.25) is 5.95 Å². The number of halogens is 3. The lowest BCUT2D eigenvalue weighted by Crippen LogP contribution is -2.30. The van der Waals surface area contributed by atoms with Crippen molar-refractivity contribution in [2.45, 2.75) is 32.4 Å². The van der Waals surface area contributed by atoms with Gasteiger partial charge in [0.15, 0.2) is 0 Å². The normalized spacial score (nSPS) is 14.1. The number of benzene rings is 2. The van der Waals surface area contributed by atoms with Crippen LogP contribution >= 0.6 is 0 Å². The first-order valence-corrected chi connectivity index (χ1v) is 10.7. The predicted molar refractivity (Wildman–Crippen MR) is 122 cm³/mol. The zero-order valence-corrected chi connectivity index (χ0v) is 18.1. The van der Waals surface area contributed by atoms with Crippen LogP contribution in [0.15, 0.2) is 54.6 Å². The molecular weight excluding hydrogens is 431 g/mol. The van der Waals surface area contributed by atoms with Gasteiger partial charge in [0.05, 0.1) is 5.56 Å². The quantitative estimate of drug-likeness (QED) is 0.510. The highest BCUT2D eigenvalue weighted by atomic mass is 19.4. The molecule has 1 fully saturated rings. The van der Waals surface area contributed by atoms with Crippen molar-refractivity contribution >= 4 is 29.0 Å². The smallest absolute Gasteiger partial charge is 0.356 e. The van der Waals surface area contributed by atoms with E-state index < -0.39 is 17.6 Å². The number of alkyl halides is 3. The Kier molecular flexibility index (Phi) is 6.48. The Morgan fingerprint density at radius 2 is 1.55 bits per heavy atom. The first-order chi connectivity index (χ1) is 15.8. The molecule has 2 N–H and O–H groups in total. The van der Waals surface area contributed by atoms with Crippen molar-refractivity contribution in [3.63, 3.8) is 0 Å². The van der Waals surface area contributed by atoms with Crippen LogP contribution in [-0.2, 0) is 6.18 Å². The van der Waals surface area contributed by atoms with Crippen molar-refractivity contribution in [3.05, 3.63) is 71.4 Å². The van der Waals surface area contributed by atoms with Crippen molar-refractivity contribution in [2.24, 2.45) is 0 Å². The number of aryl methyl sites for hydroxylation is 1. The molecule has 4 rings (SSSR count). The average molecular weight is 455 g/mol. The predicted octanol–water partition coefficient (Wildman–Crippen LogP) is 5.79. The Morgan fingerprint density at radius 3 is 2.18 bits per heavy atom. The fraction of sp³-hybridized carbons (Fsp3) is 0.292. The third-order valence-corrected chi connectivity index (χ3v) is 5.39. The van der Waals surface area contributed by atoms with E-state index in [1.165, 1.54) is 6.42 Å². The molecule has 0 saturated carbocycles. The summed E-state index contributed by atoms with van der Waals surface area (Å²) in [6.45, 7) is 3.91. The highest BCUT2D eigenvalue weighted by Gasteiger charge is 2.30. The van der Waals surface area contributed by atoms with Gasteiger partial charge in [-0.1, -0.05) is 0 Å². The molecule has 33 heavy (non-hydrogen) atoms. The van der Waals surface area contributed by atoms with Crippen molar-refractivity contribution < 1.29 is 18.0 Å². The van der Waals surface area contributed by atoms with Gasteiger partial charge in [-0.05, 0) is 74.7 Å². The Bertz CT molecular complexity index is 1110. The number of amides is 1. The fourth-order valence-corrected chi connectivity index (χ4v) is 3.67. The van der Waals surface area contributed by atoms with E-state index in [1.54, 1.807) is 24.3 Å². The van der Waals surface area contributed by atoms with Crippen LogP contribution in [0.5, 0.6) is 0 Å². The Morgan fingerprint density at radius 1 is 0.909 bits per heavy atom. The second kappa shape index (κ2) is 9.48. The van der Waals surface area contributed by atoms with E-state index >= 15 is 0 Å². The van der Waals surface area contributed by atoms with Gasteiger partial charge in [-0.3, -0.25) is 4.79 Å². The van der Waals surface area contributed by atoms with E-state index in [0.717, 1.165) is 67.4 Å². The fourth-order valence-electron chi connectivity index (χ4n) is 3.67. The van der Waals surface area contributed by atoms with Crippen molar-refractivity contribution in [1.82, 2.24) is 9.97 Å². The lowest BCUT2D eigenvalue weighted by atomic mass is 10.1. The molecule has 9 heteroatoms. The van der Waals surface area contributed by atoms with Crippen LogP contribution in [0.25, 0.3) is 0 Å². The van der Waals surface area contributed by atoms with Crippen LogP contribution in [0.4, 0.5) is 36.3 Å². The highest BCUT2D eigenvalue weighted by Crippen LogP contribution is 2.29. The van der Waals surface area contributed by atoms with Crippen molar-refractivity contribution in [3.8, 4) is 0 Å². The second-order valence-corrected chi connectivity index (χ2v) is 7.97. The van der Waals surface area contributed by atoms with E-state index in [9.17, 15) is 18.0 Å². The van der Waals surface area contributed by atoms with Gasteiger partial charge < -0.3 is 15.5 Å². The average Bonchev–Trinajstić information content (AvgIpc) is 2.80. The largest absolute Gasteiger partial charge is 0.416 e. The molecule has 1 aliphatic rings. The standard InChI is InChI=1S/C24H24F3N5O/c1-16-15-21(32-13-3-2-4-14-32)31-23(28-16)30-20-11-9-19(10-12-20)29-22(33)17-5-7-18(8-6-17)24(25,26)27/h5-12,15H,2-4,13-14H2,1H3,(H,29,33)(H,28,30,31). The van der Waals surface area contributed by atoms with Gasteiger partial charge in [0.1, 0.15) is 5.82 Å². The molecule has 0 bridgehead atoms. The van der Waals surface area contributed by atoms with Crippen LogP contribution in [0.1, 0.15) is 40.9 Å². The van der Waals surface area contributed by atoms with Crippen molar-refractivity contribution in [2.75, 3.05) is 28.6 Å². The van der Waals surface area contributed by atoms with Crippen molar-refractivity contribution in [1.29, 1.82) is 0 Å². The maximum atomic E-state index is 12.7. The SMILES string of the molecule is Cc1cc(N2CCCCC2)nc(Nc2ccc(NC(=O)c3ccc(C(F)(F)F)cc3)cc2)n1. The minimum Gasteiger partial charge on any atom is -0.356 e. The number of anilines is 4. The van der Waals surface area contributed by atoms with Gasteiger partial charge in [0.25, 0.3) is 5.91 Å². The van der Waals surface area contributed by atoms with Gasteiger partial charge >= 0.3 is 6.18 Å². The van der Waals surface area contributed by atoms with E-state index in [-0.39, 0.29) is 5.56 Å². The number of hydrogen-bond donors (Lipinski definition) is 2. The first kappa shape index (κ1) is 22.6. The molecule has 0 aliphatic carbocycles. The van der Waals surface area contributed by atoms with Gasteiger partial charge in [-0.25, -0.2) is 4.98 Å². The molecule has 2 aromatic carbocycles. The van der Waals surface area contributed by atoms with E-state index in [2.05, 4.69) is 25.5 Å². The molecule has 0 spiro atoms. The monoisotopic (exact) mass is 455 g/mol. The molecule has 1 aromatic heterocycles. The second-order valence-electron chi connectivity index (χ2n) is 7.97. The molecule has 6 nitrogen and oxygen atoms in total. The summed E-state index contributed by atoms with van der Waals surface area (Å²) in [7, 11) is 0. The summed E-state index contributed by atoms with van der Waals surface area (Å²) >= 11 is 0. The molecule has 0 unspecified atom stereocenters. The maximum Gasteiger partial charge on any atom is 0.416 e. The molecule has 1 saturated heterocycles. The van der Waals surface area contributed by atoms with E-state index in [1.807, 2.05) is 13.0 Å². The lowest BCUT2D eigenvalue weighted by molar-refractivity contribution is -0.137. The van der Waals surface area contributed by atoms with Gasteiger partial charge in [-0.2, -0.15) is 18.2 Å². The number of piperidine rings is 1. The first-order valence-electron chi connectivity index (χ1n) is 10.7. The molecule has 1 amide bonds. The topological polar surface area (TPSA) is 70.2 Å². The molecule has 172 valence electrons. The number of nitrogens with one attached hydrogen (secondary N) is 2.